The van der Waals surface area contributed by atoms with Crippen LogP contribution in [-0.4, -0.2) is 11.1 Å². The smallest absolute Gasteiger partial charge is 0.216 e. The highest BCUT2D eigenvalue weighted by molar-refractivity contribution is 6.29. The highest BCUT2D eigenvalue weighted by atomic mass is 35.5. The van der Waals surface area contributed by atoms with Crippen molar-refractivity contribution in [3.8, 4) is 11.9 Å². The standard InChI is InChI=1S/C10H9ClN2O/c11-9-4-7(6-12)5-10(13-9)14-8-2-1-3-8/h4-5,8H,1-3H2. The Morgan fingerprint density at radius 2 is 2.29 bits per heavy atom. The average Bonchev–Trinajstić information content (AvgIpc) is 2.10. The van der Waals surface area contributed by atoms with Crippen molar-refractivity contribution in [1.82, 2.24) is 4.98 Å². The van der Waals surface area contributed by atoms with Crippen LogP contribution in [0.25, 0.3) is 0 Å². The Balaban J connectivity index is 2.16. The molecule has 0 spiro atoms. The third-order valence-electron chi connectivity index (χ3n) is 2.24. The quantitative estimate of drug-likeness (QED) is 0.702. The van der Waals surface area contributed by atoms with Crippen molar-refractivity contribution < 1.29 is 4.74 Å². The summed E-state index contributed by atoms with van der Waals surface area (Å²) in [6.45, 7) is 0. The maximum atomic E-state index is 8.70. The van der Waals surface area contributed by atoms with Gasteiger partial charge in [0, 0.05) is 6.07 Å². The molecule has 1 aliphatic rings. The van der Waals surface area contributed by atoms with E-state index < -0.39 is 0 Å². The van der Waals surface area contributed by atoms with Gasteiger partial charge in [0.2, 0.25) is 5.88 Å². The number of nitrogens with zero attached hydrogens (tertiary/aromatic N) is 2. The maximum absolute atomic E-state index is 8.70. The highest BCUT2D eigenvalue weighted by Crippen LogP contribution is 2.25. The van der Waals surface area contributed by atoms with Crippen molar-refractivity contribution >= 4 is 11.6 Å². The van der Waals surface area contributed by atoms with E-state index in [0.29, 0.717) is 16.6 Å². The summed E-state index contributed by atoms with van der Waals surface area (Å²) in [5, 5.41) is 9.00. The van der Waals surface area contributed by atoms with Crippen molar-refractivity contribution in [2.24, 2.45) is 0 Å². The Hall–Kier alpha value is -1.27. The van der Waals surface area contributed by atoms with Crippen LogP contribution in [0.2, 0.25) is 5.15 Å². The molecule has 1 heterocycles. The molecule has 1 aromatic heterocycles. The fourth-order valence-electron chi connectivity index (χ4n) is 1.26. The van der Waals surface area contributed by atoms with Crippen LogP contribution in [0.1, 0.15) is 24.8 Å². The SMILES string of the molecule is N#Cc1cc(Cl)nc(OC2CCC2)c1. The number of hydrogen-bond donors (Lipinski definition) is 0. The zero-order valence-corrected chi connectivity index (χ0v) is 8.29. The van der Waals surface area contributed by atoms with Crippen molar-refractivity contribution in [3.05, 3.63) is 22.8 Å². The van der Waals surface area contributed by atoms with E-state index in [4.69, 9.17) is 21.6 Å². The van der Waals surface area contributed by atoms with Crippen LogP contribution in [0.5, 0.6) is 5.88 Å². The molecule has 0 aromatic carbocycles. The topological polar surface area (TPSA) is 45.9 Å². The molecule has 1 saturated carbocycles. The molecular weight excluding hydrogens is 200 g/mol. The molecule has 0 bridgehead atoms. The van der Waals surface area contributed by atoms with E-state index in [9.17, 15) is 0 Å². The number of pyridine rings is 1. The molecule has 1 aromatic rings. The fraction of sp³-hybridized carbons (Fsp3) is 0.400. The van der Waals surface area contributed by atoms with Crippen LogP contribution in [0.3, 0.4) is 0 Å². The lowest BCUT2D eigenvalue weighted by Crippen LogP contribution is -2.25. The van der Waals surface area contributed by atoms with Crippen LogP contribution >= 0.6 is 11.6 Å². The van der Waals surface area contributed by atoms with Gasteiger partial charge < -0.3 is 4.74 Å². The van der Waals surface area contributed by atoms with Crippen molar-refractivity contribution in [3.63, 3.8) is 0 Å². The summed E-state index contributed by atoms with van der Waals surface area (Å²) in [6, 6.07) is 5.15. The number of aromatic nitrogens is 1. The fourth-order valence-corrected chi connectivity index (χ4v) is 1.46. The molecule has 14 heavy (non-hydrogen) atoms. The third kappa shape index (κ3) is 1.97. The molecule has 0 amide bonds. The second kappa shape index (κ2) is 3.85. The highest BCUT2D eigenvalue weighted by Gasteiger charge is 2.19. The van der Waals surface area contributed by atoms with Crippen molar-refractivity contribution in [1.29, 1.82) is 5.26 Å². The van der Waals surface area contributed by atoms with Gasteiger partial charge in [-0.05, 0) is 25.3 Å². The number of ether oxygens (including phenoxy) is 1. The van der Waals surface area contributed by atoms with Gasteiger partial charge in [0.1, 0.15) is 11.3 Å². The van der Waals surface area contributed by atoms with E-state index in [1.165, 1.54) is 12.5 Å². The van der Waals surface area contributed by atoms with E-state index in [-0.39, 0.29) is 6.10 Å². The van der Waals surface area contributed by atoms with E-state index in [1.807, 2.05) is 6.07 Å². The summed E-state index contributed by atoms with van der Waals surface area (Å²) in [7, 11) is 0. The summed E-state index contributed by atoms with van der Waals surface area (Å²) >= 11 is 5.73. The minimum absolute atomic E-state index is 0.257. The van der Waals surface area contributed by atoms with Crippen LogP contribution in [0.15, 0.2) is 12.1 Å². The van der Waals surface area contributed by atoms with Crippen LogP contribution in [0, 0.1) is 11.3 Å². The molecule has 0 unspecified atom stereocenters. The minimum atomic E-state index is 0.257. The Bertz CT molecular complexity index is 382. The molecule has 0 atom stereocenters. The molecule has 2 rings (SSSR count). The van der Waals surface area contributed by atoms with Gasteiger partial charge in [-0.25, -0.2) is 4.98 Å². The van der Waals surface area contributed by atoms with Gasteiger partial charge in [-0.1, -0.05) is 11.6 Å². The second-order valence-electron chi connectivity index (χ2n) is 3.30. The van der Waals surface area contributed by atoms with E-state index in [0.717, 1.165) is 12.8 Å². The first-order valence-corrected chi connectivity index (χ1v) is 4.90. The van der Waals surface area contributed by atoms with E-state index in [2.05, 4.69) is 4.98 Å². The predicted octanol–water partition coefficient (Wildman–Crippen LogP) is 2.54. The first-order valence-electron chi connectivity index (χ1n) is 4.52. The lowest BCUT2D eigenvalue weighted by atomic mass is 9.96. The Morgan fingerprint density at radius 3 is 2.86 bits per heavy atom. The van der Waals surface area contributed by atoms with Crippen LogP contribution in [-0.2, 0) is 0 Å². The number of halogens is 1. The zero-order chi connectivity index (χ0) is 9.97. The molecule has 0 N–H and O–H groups in total. The minimum Gasteiger partial charge on any atom is -0.474 e. The zero-order valence-electron chi connectivity index (χ0n) is 7.53. The lowest BCUT2D eigenvalue weighted by Gasteiger charge is -2.25. The monoisotopic (exact) mass is 208 g/mol. The Kier molecular flexibility index (Phi) is 2.55. The maximum Gasteiger partial charge on any atom is 0.216 e. The Labute approximate surface area is 87.3 Å². The largest absolute Gasteiger partial charge is 0.474 e. The number of rotatable bonds is 2. The average molecular weight is 209 g/mol. The molecule has 4 heteroatoms. The molecule has 3 nitrogen and oxygen atoms in total. The van der Waals surface area contributed by atoms with Gasteiger partial charge in [0.25, 0.3) is 0 Å². The van der Waals surface area contributed by atoms with Gasteiger partial charge >= 0.3 is 0 Å². The first-order chi connectivity index (χ1) is 6.78. The van der Waals surface area contributed by atoms with Gasteiger partial charge in [-0.15, -0.1) is 0 Å². The van der Waals surface area contributed by atoms with E-state index in [1.54, 1.807) is 6.07 Å². The predicted molar refractivity (Wildman–Crippen MR) is 52.2 cm³/mol. The summed E-state index contributed by atoms with van der Waals surface area (Å²) in [5.41, 5.74) is 0.485. The molecule has 0 radical (unpaired) electrons. The summed E-state index contributed by atoms with van der Waals surface area (Å²) in [5.74, 6) is 0.457. The molecular formula is C10H9ClN2O. The third-order valence-corrected chi connectivity index (χ3v) is 2.43. The lowest BCUT2D eigenvalue weighted by molar-refractivity contribution is 0.114. The molecule has 72 valence electrons. The van der Waals surface area contributed by atoms with Gasteiger partial charge in [0.15, 0.2) is 0 Å². The molecule has 1 aliphatic carbocycles. The summed E-state index contributed by atoms with van der Waals surface area (Å²) < 4.78 is 5.53. The van der Waals surface area contributed by atoms with Gasteiger partial charge in [0.05, 0.1) is 11.6 Å². The van der Waals surface area contributed by atoms with Crippen LogP contribution in [0.4, 0.5) is 0 Å². The first kappa shape index (κ1) is 9.29. The summed E-state index contributed by atoms with van der Waals surface area (Å²) in [6.07, 6.45) is 3.59. The second-order valence-corrected chi connectivity index (χ2v) is 3.69. The summed E-state index contributed by atoms with van der Waals surface area (Å²) in [4.78, 5) is 4.00. The van der Waals surface area contributed by atoms with Gasteiger partial charge in [-0.3, -0.25) is 0 Å². The van der Waals surface area contributed by atoms with Crippen LogP contribution < -0.4 is 4.74 Å². The number of hydrogen-bond acceptors (Lipinski definition) is 3. The van der Waals surface area contributed by atoms with E-state index >= 15 is 0 Å². The molecule has 1 fully saturated rings. The van der Waals surface area contributed by atoms with Crippen molar-refractivity contribution in [2.45, 2.75) is 25.4 Å². The van der Waals surface area contributed by atoms with Gasteiger partial charge in [-0.2, -0.15) is 5.26 Å². The van der Waals surface area contributed by atoms with Crippen molar-refractivity contribution in [2.75, 3.05) is 0 Å². The Morgan fingerprint density at radius 1 is 1.50 bits per heavy atom. The number of nitriles is 1. The molecule has 0 saturated heterocycles. The molecule has 0 aliphatic heterocycles. The normalized spacial score (nSPS) is 15.7.